The summed E-state index contributed by atoms with van der Waals surface area (Å²) < 4.78 is 1.70. The van der Waals surface area contributed by atoms with Crippen LogP contribution in [0.5, 0.6) is 0 Å². The van der Waals surface area contributed by atoms with Crippen molar-refractivity contribution >= 4 is 0 Å². The van der Waals surface area contributed by atoms with E-state index in [0.717, 1.165) is 25.2 Å². The highest BCUT2D eigenvalue weighted by Gasteiger charge is 2.31. The quantitative estimate of drug-likeness (QED) is 0.877. The van der Waals surface area contributed by atoms with E-state index in [0.29, 0.717) is 24.4 Å². The van der Waals surface area contributed by atoms with Gasteiger partial charge in [0.2, 0.25) is 0 Å². The van der Waals surface area contributed by atoms with Gasteiger partial charge in [0.15, 0.2) is 0 Å². The van der Waals surface area contributed by atoms with Gasteiger partial charge >= 0.3 is 0 Å². The van der Waals surface area contributed by atoms with E-state index < -0.39 is 0 Å². The lowest BCUT2D eigenvalue weighted by atomic mass is 10.1. The van der Waals surface area contributed by atoms with E-state index in [9.17, 15) is 4.79 Å². The molecule has 25 heavy (non-hydrogen) atoms. The first kappa shape index (κ1) is 15.3. The minimum absolute atomic E-state index is 0.0261. The van der Waals surface area contributed by atoms with Gasteiger partial charge in [0.25, 0.3) is 5.56 Å². The number of H-pyrrole nitrogens is 1. The van der Waals surface area contributed by atoms with Gasteiger partial charge in [0.05, 0.1) is 18.4 Å². The summed E-state index contributed by atoms with van der Waals surface area (Å²) in [6.07, 6.45) is 9.31. The number of aromatic amines is 1. The van der Waals surface area contributed by atoms with Crippen molar-refractivity contribution in [2.24, 2.45) is 0 Å². The van der Waals surface area contributed by atoms with E-state index in [1.165, 1.54) is 43.4 Å². The van der Waals surface area contributed by atoms with Crippen LogP contribution < -0.4 is 5.56 Å². The van der Waals surface area contributed by atoms with E-state index in [1.54, 1.807) is 10.7 Å². The molecule has 0 radical (unpaired) electrons. The van der Waals surface area contributed by atoms with Crippen LogP contribution in [0.3, 0.4) is 0 Å². The maximum atomic E-state index is 12.2. The molecule has 132 valence electrons. The van der Waals surface area contributed by atoms with E-state index >= 15 is 0 Å². The van der Waals surface area contributed by atoms with E-state index in [4.69, 9.17) is 0 Å². The van der Waals surface area contributed by atoms with E-state index in [1.807, 2.05) is 12.3 Å². The molecule has 0 bridgehead atoms. The van der Waals surface area contributed by atoms with Gasteiger partial charge in [-0.25, -0.2) is 4.68 Å². The molecule has 0 aromatic carbocycles. The van der Waals surface area contributed by atoms with Crippen molar-refractivity contribution in [3.05, 3.63) is 45.6 Å². The average Bonchev–Trinajstić information content (AvgIpc) is 3.54. The van der Waals surface area contributed by atoms with Gasteiger partial charge in [0, 0.05) is 41.7 Å². The number of rotatable bonds is 6. The van der Waals surface area contributed by atoms with Gasteiger partial charge in [-0.05, 0) is 51.1 Å². The van der Waals surface area contributed by atoms with Crippen molar-refractivity contribution < 1.29 is 0 Å². The monoisotopic (exact) mass is 339 g/mol. The first-order valence-electron chi connectivity index (χ1n) is 9.62. The minimum Gasteiger partial charge on any atom is -0.294 e. The molecule has 3 fully saturated rings. The summed E-state index contributed by atoms with van der Waals surface area (Å²) in [5.41, 5.74) is 3.78. The molecular formula is C19H25N5O. The Labute approximate surface area is 147 Å². The fraction of sp³-hybridized carbons (Fsp3) is 0.632. The summed E-state index contributed by atoms with van der Waals surface area (Å²) in [4.78, 5) is 14.8. The highest BCUT2D eigenvalue weighted by Crippen LogP contribution is 2.41. The summed E-state index contributed by atoms with van der Waals surface area (Å²) in [6, 6.07) is 4.00. The van der Waals surface area contributed by atoms with Gasteiger partial charge in [-0.15, -0.1) is 0 Å². The Kier molecular flexibility index (Phi) is 3.73. The third-order valence-electron chi connectivity index (χ3n) is 5.88. The molecule has 2 aliphatic carbocycles. The molecule has 1 atom stereocenters. The SMILES string of the molecule is O=c1ccc(C2CC2)nn1CC1CCCN1Cc1cn[nH]c1C1CC1. The Bertz CT molecular complexity index is 817. The maximum absolute atomic E-state index is 12.2. The van der Waals surface area contributed by atoms with Crippen molar-refractivity contribution in [2.45, 2.75) is 69.5 Å². The maximum Gasteiger partial charge on any atom is 0.266 e. The molecule has 6 heteroatoms. The number of hydrogen-bond acceptors (Lipinski definition) is 4. The van der Waals surface area contributed by atoms with Gasteiger partial charge < -0.3 is 0 Å². The summed E-state index contributed by atoms with van der Waals surface area (Å²) in [6.45, 7) is 2.73. The topological polar surface area (TPSA) is 66.8 Å². The Hall–Kier alpha value is -1.95. The normalized spacial score (nSPS) is 24.1. The second-order valence-electron chi connectivity index (χ2n) is 7.90. The largest absolute Gasteiger partial charge is 0.294 e. The summed E-state index contributed by atoms with van der Waals surface area (Å²) in [7, 11) is 0. The standard InChI is InChI=1S/C19H25N5O/c25-18-8-7-17(13-3-4-13)22-24(18)12-16-2-1-9-23(16)11-15-10-20-21-19(15)14-5-6-14/h7-8,10,13-14,16H,1-6,9,11-12H2,(H,20,21). The molecule has 6 nitrogen and oxygen atoms in total. The van der Waals surface area contributed by atoms with Crippen LogP contribution in [0.2, 0.25) is 0 Å². The van der Waals surface area contributed by atoms with Gasteiger partial charge in [0.1, 0.15) is 0 Å². The number of nitrogens with zero attached hydrogens (tertiary/aromatic N) is 4. The lowest BCUT2D eigenvalue weighted by Crippen LogP contribution is -2.37. The molecule has 2 aromatic heterocycles. The Balaban J connectivity index is 1.32. The zero-order chi connectivity index (χ0) is 16.8. The second kappa shape index (κ2) is 6.09. The van der Waals surface area contributed by atoms with Crippen molar-refractivity contribution in [2.75, 3.05) is 6.54 Å². The molecule has 2 saturated carbocycles. The predicted octanol–water partition coefficient (Wildman–Crippen LogP) is 2.39. The van der Waals surface area contributed by atoms with Gasteiger partial charge in [-0.2, -0.15) is 10.2 Å². The first-order chi connectivity index (χ1) is 12.3. The first-order valence-corrected chi connectivity index (χ1v) is 9.62. The molecule has 1 N–H and O–H groups in total. The number of nitrogens with one attached hydrogen (secondary N) is 1. The molecular weight excluding hydrogens is 314 g/mol. The zero-order valence-corrected chi connectivity index (χ0v) is 14.5. The van der Waals surface area contributed by atoms with Gasteiger partial charge in [-0.1, -0.05) is 0 Å². The Morgan fingerprint density at radius 2 is 1.96 bits per heavy atom. The smallest absolute Gasteiger partial charge is 0.266 e. The highest BCUT2D eigenvalue weighted by atomic mass is 16.1. The van der Waals surface area contributed by atoms with E-state index in [2.05, 4.69) is 20.2 Å². The van der Waals surface area contributed by atoms with Crippen LogP contribution in [0.15, 0.2) is 23.1 Å². The summed E-state index contributed by atoms with van der Waals surface area (Å²) in [5.74, 6) is 1.27. The molecule has 2 aromatic rings. The van der Waals surface area contributed by atoms with Crippen LogP contribution in [-0.2, 0) is 13.1 Å². The van der Waals surface area contributed by atoms with Crippen LogP contribution in [0.4, 0.5) is 0 Å². The fourth-order valence-corrected chi connectivity index (χ4v) is 4.09. The van der Waals surface area contributed by atoms with Crippen LogP contribution in [0, 0.1) is 0 Å². The Morgan fingerprint density at radius 1 is 1.12 bits per heavy atom. The van der Waals surface area contributed by atoms with Crippen molar-refractivity contribution in [1.29, 1.82) is 0 Å². The molecule has 3 aliphatic rings. The van der Waals surface area contributed by atoms with Crippen molar-refractivity contribution in [1.82, 2.24) is 24.9 Å². The second-order valence-corrected chi connectivity index (χ2v) is 7.90. The fourth-order valence-electron chi connectivity index (χ4n) is 4.09. The average molecular weight is 339 g/mol. The predicted molar refractivity (Wildman–Crippen MR) is 94.5 cm³/mol. The summed E-state index contributed by atoms with van der Waals surface area (Å²) >= 11 is 0. The molecule has 0 spiro atoms. The third-order valence-corrected chi connectivity index (χ3v) is 5.88. The van der Waals surface area contributed by atoms with Crippen LogP contribution >= 0.6 is 0 Å². The van der Waals surface area contributed by atoms with Crippen molar-refractivity contribution in [3.63, 3.8) is 0 Å². The molecule has 1 aliphatic heterocycles. The van der Waals surface area contributed by atoms with Crippen LogP contribution in [0.25, 0.3) is 0 Å². The molecule has 5 rings (SSSR count). The number of aromatic nitrogens is 4. The van der Waals surface area contributed by atoms with Crippen LogP contribution in [0.1, 0.15) is 67.3 Å². The molecule has 0 amide bonds. The van der Waals surface area contributed by atoms with Crippen molar-refractivity contribution in [3.8, 4) is 0 Å². The third kappa shape index (κ3) is 3.15. The Morgan fingerprint density at radius 3 is 2.76 bits per heavy atom. The van der Waals surface area contributed by atoms with Crippen LogP contribution in [-0.4, -0.2) is 37.5 Å². The summed E-state index contributed by atoms with van der Waals surface area (Å²) in [5, 5.41) is 12.1. The minimum atomic E-state index is 0.0261. The van der Waals surface area contributed by atoms with Gasteiger partial charge in [-0.3, -0.25) is 14.8 Å². The zero-order valence-electron chi connectivity index (χ0n) is 14.5. The molecule has 1 saturated heterocycles. The molecule has 3 heterocycles. The number of likely N-dealkylation sites (tertiary alicyclic amines) is 1. The number of hydrogen-bond donors (Lipinski definition) is 1. The highest BCUT2D eigenvalue weighted by molar-refractivity contribution is 5.24. The van der Waals surface area contributed by atoms with E-state index in [-0.39, 0.29) is 5.56 Å². The lowest BCUT2D eigenvalue weighted by molar-refractivity contribution is 0.216. The molecule has 1 unspecified atom stereocenters. The lowest BCUT2D eigenvalue weighted by Gasteiger charge is -2.24.